The molecule has 0 saturated carbocycles. The van der Waals surface area contributed by atoms with E-state index in [0.717, 1.165) is 23.8 Å². The Balaban J connectivity index is 2.27. The first-order valence-electron chi connectivity index (χ1n) is 7.33. The van der Waals surface area contributed by atoms with Crippen LogP contribution in [0.2, 0.25) is 0 Å². The lowest BCUT2D eigenvalue weighted by Gasteiger charge is -2.06. The van der Waals surface area contributed by atoms with Crippen molar-refractivity contribution in [2.45, 2.75) is 46.2 Å². The Morgan fingerprint density at radius 3 is 2.23 bits per heavy atom. The zero-order valence-corrected chi connectivity index (χ0v) is 12.7. The van der Waals surface area contributed by atoms with Gasteiger partial charge in [-0.3, -0.25) is 0 Å². The molecule has 1 aliphatic heterocycles. The number of aryl methyl sites for hydroxylation is 2. The van der Waals surface area contributed by atoms with Crippen molar-refractivity contribution < 1.29 is 0 Å². The Labute approximate surface area is 127 Å². The van der Waals surface area contributed by atoms with Crippen molar-refractivity contribution in [1.82, 2.24) is 18.9 Å². The highest BCUT2D eigenvalue weighted by atomic mass is 16.2. The van der Waals surface area contributed by atoms with Gasteiger partial charge in [0.05, 0.1) is 6.57 Å². The van der Waals surface area contributed by atoms with E-state index in [4.69, 9.17) is 6.57 Å². The van der Waals surface area contributed by atoms with Crippen LogP contribution in [-0.4, -0.2) is 18.9 Å². The molecular formula is C15H17N5O2. The van der Waals surface area contributed by atoms with E-state index in [1.54, 1.807) is 19.9 Å². The molecule has 0 N–H and O–H groups in total. The number of hydrogen-bond donors (Lipinski definition) is 0. The summed E-state index contributed by atoms with van der Waals surface area (Å²) in [5.74, 6) is 0.327. The van der Waals surface area contributed by atoms with Gasteiger partial charge in [-0.05, 0) is 44.7 Å². The average Bonchev–Trinajstić information content (AvgIpc) is 2.69. The van der Waals surface area contributed by atoms with Crippen LogP contribution in [0.3, 0.4) is 0 Å². The van der Waals surface area contributed by atoms with E-state index < -0.39 is 0 Å². The maximum Gasteiger partial charge on any atom is 0.353 e. The fraction of sp³-hybridized carbons (Fsp3) is 0.467. The number of rotatable bonds is 1. The first-order valence-corrected chi connectivity index (χ1v) is 7.33. The van der Waals surface area contributed by atoms with Gasteiger partial charge in [0.2, 0.25) is 5.69 Å². The summed E-state index contributed by atoms with van der Waals surface area (Å²) >= 11 is 0. The number of pyridine rings is 1. The Hall–Kier alpha value is -2.62. The Bertz CT molecular complexity index is 857. The molecule has 0 amide bonds. The van der Waals surface area contributed by atoms with Crippen molar-refractivity contribution in [3.63, 3.8) is 0 Å². The van der Waals surface area contributed by atoms with Gasteiger partial charge < -0.3 is 0 Å². The maximum atomic E-state index is 12.6. The Morgan fingerprint density at radius 2 is 1.68 bits per heavy atom. The third kappa shape index (κ3) is 2.08. The largest absolute Gasteiger partial charge is 0.353 e. The van der Waals surface area contributed by atoms with Gasteiger partial charge in [-0.2, -0.15) is 4.57 Å². The van der Waals surface area contributed by atoms with Crippen LogP contribution in [0.1, 0.15) is 30.5 Å². The Morgan fingerprint density at radius 1 is 1.09 bits per heavy atom. The van der Waals surface area contributed by atoms with Gasteiger partial charge in [0.15, 0.2) is 0 Å². The first-order chi connectivity index (χ1) is 10.5. The van der Waals surface area contributed by atoms with Crippen LogP contribution in [0, 0.1) is 20.4 Å². The summed E-state index contributed by atoms with van der Waals surface area (Å²) < 4.78 is 4.14. The molecule has 1 aliphatic rings. The minimum absolute atomic E-state index is 0.327. The summed E-state index contributed by atoms with van der Waals surface area (Å²) in [6.45, 7) is 11.7. The molecule has 2 aromatic rings. The van der Waals surface area contributed by atoms with Crippen LogP contribution in [0.4, 0.5) is 5.69 Å². The van der Waals surface area contributed by atoms with Gasteiger partial charge in [0.25, 0.3) is 0 Å². The van der Waals surface area contributed by atoms with E-state index in [1.165, 1.54) is 9.36 Å². The monoisotopic (exact) mass is 299 g/mol. The van der Waals surface area contributed by atoms with Crippen molar-refractivity contribution in [2.75, 3.05) is 0 Å². The molecule has 0 aliphatic carbocycles. The van der Waals surface area contributed by atoms with Crippen LogP contribution in [0.5, 0.6) is 0 Å². The van der Waals surface area contributed by atoms with E-state index in [9.17, 15) is 9.59 Å². The minimum Gasteiger partial charge on any atom is -0.246 e. The highest BCUT2D eigenvalue weighted by Gasteiger charge is 2.21. The fourth-order valence-electron chi connectivity index (χ4n) is 2.85. The second-order valence-electron chi connectivity index (χ2n) is 5.55. The average molecular weight is 299 g/mol. The molecule has 7 nitrogen and oxygen atoms in total. The maximum absolute atomic E-state index is 12.6. The minimum atomic E-state index is -0.350. The third-order valence-corrected chi connectivity index (χ3v) is 4.04. The molecule has 0 unspecified atom stereocenters. The van der Waals surface area contributed by atoms with Gasteiger partial charge in [-0.25, -0.2) is 28.8 Å². The topological polar surface area (TPSA) is 66.2 Å². The molecule has 0 saturated heterocycles. The predicted octanol–water partition coefficient (Wildman–Crippen LogP) is 1.55. The van der Waals surface area contributed by atoms with E-state index in [2.05, 4.69) is 9.83 Å². The number of hydrogen-bond acceptors (Lipinski definition) is 3. The number of aromatic nitrogens is 4. The van der Waals surface area contributed by atoms with Gasteiger partial charge in [-0.15, -0.1) is 0 Å². The number of fused-ring (bicyclic) bond motifs is 1. The summed E-state index contributed by atoms with van der Waals surface area (Å²) in [6.07, 6.45) is 2.81. The van der Waals surface area contributed by atoms with E-state index >= 15 is 0 Å². The molecule has 0 atom stereocenters. The lowest BCUT2D eigenvalue weighted by molar-refractivity contribution is 0.466. The molecule has 22 heavy (non-hydrogen) atoms. The van der Waals surface area contributed by atoms with Crippen LogP contribution >= 0.6 is 0 Å². The van der Waals surface area contributed by atoms with Crippen LogP contribution in [0.25, 0.3) is 10.7 Å². The molecule has 0 fully saturated rings. The van der Waals surface area contributed by atoms with Crippen molar-refractivity contribution in [3.8, 4) is 5.82 Å². The molecule has 0 radical (unpaired) electrons. The third-order valence-electron chi connectivity index (χ3n) is 4.04. The summed E-state index contributed by atoms with van der Waals surface area (Å²) in [4.78, 5) is 32.9. The summed E-state index contributed by atoms with van der Waals surface area (Å²) in [5, 5.41) is 0. The second-order valence-corrected chi connectivity index (χ2v) is 5.55. The molecule has 0 spiro atoms. The summed E-state index contributed by atoms with van der Waals surface area (Å²) in [7, 11) is 0. The predicted molar refractivity (Wildman–Crippen MR) is 81.7 cm³/mol. The number of nitrogens with zero attached hydrogens (tertiary/aromatic N) is 5. The highest BCUT2D eigenvalue weighted by Crippen LogP contribution is 2.21. The molecule has 0 bridgehead atoms. The van der Waals surface area contributed by atoms with Crippen LogP contribution < -0.4 is 11.4 Å². The van der Waals surface area contributed by atoms with Crippen molar-refractivity contribution in [2.24, 2.45) is 0 Å². The fourth-order valence-corrected chi connectivity index (χ4v) is 2.85. The van der Waals surface area contributed by atoms with Crippen molar-refractivity contribution >= 4 is 5.69 Å². The smallest absolute Gasteiger partial charge is 0.246 e. The van der Waals surface area contributed by atoms with Gasteiger partial charge in [0.1, 0.15) is 5.82 Å². The van der Waals surface area contributed by atoms with Gasteiger partial charge in [0, 0.05) is 18.8 Å². The van der Waals surface area contributed by atoms with Gasteiger partial charge in [-0.1, -0.05) is 0 Å². The van der Waals surface area contributed by atoms with E-state index in [1.807, 2.05) is 0 Å². The van der Waals surface area contributed by atoms with E-state index in [0.29, 0.717) is 35.9 Å². The SMILES string of the molecule is [C-]#[N+]c1cc(C)c(-n2c(=O)n3n(c2=O)CCCCC3)nc1C. The van der Waals surface area contributed by atoms with Crippen LogP contribution in [-0.2, 0) is 13.1 Å². The summed E-state index contributed by atoms with van der Waals surface area (Å²) in [5.41, 5.74) is 0.913. The van der Waals surface area contributed by atoms with E-state index in [-0.39, 0.29) is 11.4 Å². The van der Waals surface area contributed by atoms with Crippen molar-refractivity contribution in [3.05, 3.63) is 49.7 Å². The lowest BCUT2D eigenvalue weighted by Crippen LogP contribution is -2.29. The summed E-state index contributed by atoms with van der Waals surface area (Å²) in [6, 6.07) is 1.67. The molecule has 2 aromatic heterocycles. The molecule has 3 heterocycles. The zero-order valence-electron chi connectivity index (χ0n) is 12.7. The Kier molecular flexibility index (Phi) is 3.45. The molecule has 0 aromatic carbocycles. The first kappa shape index (κ1) is 14.3. The van der Waals surface area contributed by atoms with Crippen LogP contribution in [0.15, 0.2) is 15.7 Å². The zero-order chi connectivity index (χ0) is 15.9. The quantitative estimate of drug-likeness (QED) is 0.750. The van der Waals surface area contributed by atoms with Gasteiger partial charge >= 0.3 is 11.4 Å². The molecule has 3 rings (SSSR count). The normalized spacial score (nSPS) is 14.2. The highest BCUT2D eigenvalue weighted by molar-refractivity contribution is 5.54. The molecule has 114 valence electrons. The standard InChI is InChI=1S/C15H17N5O2/c1-10-9-12(16-3)11(2)17-13(10)20-14(21)18-7-5-4-6-8-19(18)15(20)22/h9H,4-8H2,1-2H3. The van der Waals surface area contributed by atoms with Crippen molar-refractivity contribution in [1.29, 1.82) is 0 Å². The molecular weight excluding hydrogens is 282 g/mol. The molecule has 7 heteroatoms. The lowest BCUT2D eigenvalue weighted by atomic mass is 10.2. The second kappa shape index (κ2) is 5.30.